The first kappa shape index (κ1) is 11.1. The first-order chi connectivity index (χ1) is 7.40. The molecule has 0 amide bonds. The van der Waals surface area contributed by atoms with Crippen LogP contribution in [-0.2, 0) is 25.1 Å². The van der Waals surface area contributed by atoms with Crippen LogP contribution in [0.2, 0.25) is 0 Å². The van der Waals surface area contributed by atoms with Crippen LogP contribution in [0.5, 0.6) is 0 Å². The maximum Gasteiger partial charge on any atom is 0.333 e. The molecule has 16 heavy (non-hydrogen) atoms. The van der Waals surface area contributed by atoms with Crippen LogP contribution in [0.25, 0.3) is 0 Å². The molecule has 2 rings (SSSR count). The molecular weight excluding hydrogens is 234 g/mol. The molecule has 1 heterocycles. The standard InChI is InChI=1S/C8H11N3O4S/c1-15-7(12)8(2-3-8)11-5-6(4-10-11)16(9,13)14/h4-5H,2-3H2,1H3,(H2,9,13,14). The van der Waals surface area contributed by atoms with Crippen LogP contribution in [0.3, 0.4) is 0 Å². The summed E-state index contributed by atoms with van der Waals surface area (Å²) in [5.74, 6) is -0.420. The lowest BCUT2D eigenvalue weighted by Gasteiger charge is -2.12. The van der Waals surface area contributed by atoms with E-state index < -0.39 is 21.5 Å². The van der Waals surface area contributed by atoms with E-state index in [0.29, 0.717) is 12.8 Å². The number of carbonyl (C=O) groups is 1. The lowest BCUT2D eigenvalue weighted by Crippen LogP contribution is -2.29. The number of primary sulfonamides is 1. The van der Waals surface area contributed by atoms with Crippen molar-refractivity contribution < 1.29 is 17.9 Å². The summed E-state index contributed by atoms with van der Waals surface area (Å²) in [6, 6.07) is 0. The van der Waals surface area contributed by atoms with Gasteiger partial charge < -0.3 is 4.74 Å². The highest BCUT2D eigenvalue weighted by atomic mass is 32.2. The van der Waals surface area contributed by atoms with E-state index >= 15 is 0 Å². The van der Waals surface area contributed by atoms with Crippen molar-refractivity contribution in [3.8, 4) is 0 Å². The summed E-state index contributed by atoms with van der Waals surface area (Å²) in [4.78, 5) is 11.4. The van der Waals surface area contributed by atoms with Gasteiger partial charge in [0.1, 0.15) is 4.90 Å². The summed E-state index contributed by atoms with van der Waals surface area (Å²) in [6.07, 6.45) is 3.55. The zero-order valence-electron chi connectivity index (χ0n) is 8.58. The van der Waals surface area contributed by atoms with Gasteiger partial charge in [-0.05, 0) is 12.8 Å². The Labute approximate surface area is 92.2 Å². The Morgan fingerprint density at radius 2 is 2.25 bits per heavy atom. The molecule has 1 aromatic heterocycles. The number of methoxy groups -OCH3 is 1. The molecule has 8 heteroatoms. The number of aromatic nitrogens is 2. The van der Waals surface area contributed by atoms with Gasteiger partial charge in [0.25, 0.3) is 0 Å². The van der Waals surface area contributed by atoms with Crippen LogP contribution in [0.4, 0.5) is 0 Å². The number of esters is 1. The summed E-state index contributed by atoms with van der Waals surface area (Å²) >= 11 is 0. The summed E-state index contributed by atoms with van der Waals surface area (Å²) in [5.41, 5.74) is -0.836. The quantitative estimate of drug-likeness (QED) is 0.701. The molecule has 1 aliphatic rings. The molecule has 2 N–H and O–H groups in total. The predicted molar refractivity (Wildman–Crippen MR) is 52.8 cm³/mol. The number of rotatable bonds is 3. The minimum absolute atomic E-state index is 0.109. The Kier molecular flexibility index (Phi) is 2.28. The predicted octanol–water partition coefficient (Wildman–Crippen LogP) is -0.807. The number of nitrogens with two attached hydrogens (primary N) is 1. The first-order valence-corrected chi connectivity index (χ1v) is 6.11. The molecule has 0 radical (unpaired) electrons. The summed E-state index contributed by atoms with van der Waals surface area (Å²) in [7, 11) is -2.50. The van der Waals surface area contributed by atoms with Gasteiger partial charge in [0.2, 0.25) is 10.0 Å². The number of hydrogen-bond acceptors (Lipinski definition) is 5. The second-order valence-electron chi connectivity index (χ2n) is 3.69. The van der Waals surface area contributed by atoms with Crippen molar-refractivity contribution in [2.75, 3.05) is 7.11 Å². The fraction of sp³-hybridized carbons (Fsp3) is 0.500. The largest absolute Gasteiger partial charge is 0.467 e. The Morgan fingerprint density at radius 1 is 1.62 bits per heavy atom. The van der Waals surface area contributed by atoms with Gasteiger partial charge in [-0.1, -0.05) is 0 Å². The number of ether oxygens (including phenoxy) is 1. The molecule has 7 nitrogen and oxygen atoms in total. The monoisotopic (exact) mass is 245 g/mol. The second-order valence-corrected chi connectivity index (χ2v) is 5.25. The second kappa shape index (κ2) is 3.29. The van der Waals surface area contributed by atoms with Gasteiger partial charge in [-0.15, -0.1) is 0 Å². The molecule has 0 saturated heterocycles. The molecule has 1 aliphatic carbocycles. The number of nitrogens with zero attached hydrogens (tertiary/aromatic N) is 2. The lowest BCUT2D eigenvalue weighted by atomic mass is 10.3. The third-order valence-corrected chi connectivity index (χ3v) is 3.48. The summed E-state index contributed by atoms with van der Waals surface area (Å²) in [6.45, 7) is 0. The molecule has 0 spiro atoms. The maximum absolute atomic E-state index is 11.5. The minimum Gasteiger partial charge on any atom is -0.467 e. The zero-order valence-corrected chi connectivity index (χ0v) is 9.40. The molecule has 1 saturated carbocycles. The topological polar surface area (TPSA) is 104 Å². The molecule has 0 aliphatic heterocycles. The van der Waals surface area contributed by atoms with Gasteiger partial charge in [-0.3, -0.25) is 4.68 Å². The molecule has 88 valence electrons. The van der Waals surface area contributed by atoms with E-state index in [1.807, 2.05) is 0 Å². The van der Waals surface area contributed by atoms with Gasteiger partial charge in [0.15, 0.2) is 5.54 Å². The van der Waals surface area contributed by atoms with Gasteiger partial charge in [-0.25, -0.2) is 18.4 Å². The molecule has 1 fully saturated rings. The van der Waals surface area contributed by atoms with Crippen molar-refractivity contribution in [2.45, 2.75) is 23.3 Å². The van der Waals surface area contributed by atoms with Crippen LogP contribution < -0.4 is 5.14 Å². The van der Waals surface area contributed by atoms with Gasteiger partial charge >= 0.3 is 5.97 Å². The number of carbonyl (C=O) groups excluding carboxylic acids is 1. The molecule has 0 aromatic carbocycles. The fourth-order valence-electron chi connectivity index (χ4n) is 1.52. The molecule has 0 unspecified atom stereocenters. The van der Waals surface area contributed by atoms with Gasteiger partial charge in [0.05, 0.1) is 13.3 Å². The third kappa shape index (κ3) is 1.59. The Morgan fingerprint density at radius 3 is 2.62 bits per heavy atom. The van der Waals surface area contributed by atoms with Crippen LogP contribution in [0.15, 0.2) is 17.3 Å². The highest BCUT2D eigenvalue weighted by molar-refractivity contribution is 7.89. The Hall–Kier alpha value is -1.41. The fourth-order valence-corrected chi connectivity index (χ4v) is 1.96. The number of sulfonamides is 1. The molecular formula is C8H11N3O4S. The van der Waals surface area contributed by atoms with Crippen LogP contribution in [0.1, 0.15) is 12.8 Å². The van der Waals surface area contributed by atoms with Crippen LogP contribution >= 0.6 is 0 Å². The van der Waals surface area contributed by atoms with E-state index in [1.54, 1.807) is 0 Å². The van der Waals surface area contributed by atoms with E-state index in [-0.39, 0.29) is 4.90 Å². The maximum atomic E-state index is 11.5. The first-order valence-electron chi connectivity index (χ1n) is 4.56. The van der Waals surface area contributed by atoms with Crippen molar-refractivity contribution in [1.82, 2.24) is 9.78 Å². The van der Waals surface area contributed by atoms with Crippen molar-refractivity contribution >= 4 is 16.0 Å². The molecule has 1 aromatic rings. The SMILES string of the molecule is COC(=O)C1(n2cc(S(N)(=O)=O)cn2)CC1. The lowest BCUT2D eigenvalue weighted by molar-refractivity contribution is -0.146. The highest BCUT2D eigenvalue weighted by Gasteiger charge is 2.54. The Balaban J connectivity index is 2.37. The van der Waals surface area contributed by atoms with Crippen molar-refractivity contribution in [1.29, 1.82) is 0 Å². The van der Waals surface area contributed by atoms with Gasteiger partial charge in [-0.2, -0.15) is 5.10 Å². The average Bonchev–Trinajstić information content (AvgIpc) is 2.85. The minimum atomic E-state index is -3.78. The van der Waals surface area contributed by atoms with Crippen LogP contribution in [-0.4, -0.2) is 31.3 Å². The van der Waals surface area contributed by atoms with E-state index in [1.165, 1.54) is 18.0 Å². The van der Waals surface area contributed by atoms with E-state index in [2.05, 4.69) is 9.84 Å². The van der Waals surface area contributed by atoms with E-state index in [4.69, 9.17) is 5.14 Å². The Bertz CT molecular complexity index is 529. The van der Waals surface area contributed by atoms with E-state index in [0.717, 1.165) is 6.20 Å². The summed E-state index contributed by atoms with van der Waals surface area (Å²) < 4.78 is 28.0. The molecule has 0 bridgehead atoms. The normalized spacial score (nSPS) is 18.1. The number of hydrogen-bond donors (Lipinski definition) is 1. The van der Waals surface area contributed by atoms with Gasteiger partial charge in [0, 0.05) is 6.20 Å². The third-order valence-electron chi connectivity index (χ3n) is 2.61. The smallest absolute Gasteiger partial charge is 0.333 e. The van der Waals surface area contributed by atoms with Crippen molar-refractivity contribution in [2.24, 2.45) is 5.14 Å². The zero-order chi connectivity index (χ0) is 12.0. The molecule has 0 atom stereocenters. The van der Waals surface area contributed by atoms with E-state index in [9.17, 15) is 13.2 Å². The van der Waals surface area contributed by atoms with Crippen LogP contribution in [0, 0.1) is 0 Å². The summed E-state index contributed by atoms with van der Waals surface area (Å²) in [5, 5.41) is 8.79. The highest BCUT2D eigenvalue weighted by Crippen LogP contribution is 2.44. The average molecular weight is 245 g/mol. The van der Waals surface area contributed by atoms with Crippen molar-refractivity contribution in [3.05, 3.63) is 12.4 Å². The van der Waals surface area contributed by atoms with Crippen molar-refractivity contribution in [3.63, 3.8) is 0 Å².